The Kier molecular flexibility index (Phi) is 4.03. The van der Waals surface area contributed by atoms with Crippen LogP contribution in [-0.2, 0) is 0 Å². The first-order valence-corrected chi connectivity index (χ1v) is 8.79. The molecule has 0 aliphatic rings. The molecule has 1 N–H and O–H groups in total. The third-order valence-corrected chi connectivity index (χ3v) is 5.23. The molecule has 0 aliphatic carbocycles. The van der Waals surface area contributed by atoms with E-state index in [2.05, 4.69) is 14.7 Å². The minimum atomic E-state index is -1.27. The van der Waals surface area contributed by atoms with Crippen LogP contribution in [-0.4, -0.2) is 9.36 Å². The van der Waals surface area contributed by atoms with E-state index in [-0.39, 0.29) is 10.9 Å². The van der Waals surface area contributed by atoms with Crippen LogP contribution in [0.25, 0.3) is 21.1 Å². The number of hydrogen-bond acceptors (Lipinski definition) is 4. The Bertz CT molecular complexity index is 1130. The van der Waals surface area contributed by atoms with Crippen LogP contribution in [0, 0.1) is 24.4 Å². The van der Waals surface area contributed by atoms with Gasteiger partial charge in [0.1, 0.15) is 16.0 Å². The zero-order chi connectivity index (χ0) is 18.4. The molecule has 0 spiro atoms. The molecule has 0 saturated carbocycles. The smallest absolute Gasteiger partial charge is 0.187 e. The Balaban J connectivity index is 1.89. The summed E-state index contributed by atoms with van der Waals surface area (Å²) in [6.45, 7) is 3.52. The average Bonchev–Trinajstić information content (AvgIpc) is 3.03. The molecule has 4 aromatic rings. The molecule has 3 nitrogen and oxygen atoms in total. The summed E-state index contributed by atoms with van der Waals surface area (Å²) < 4.78 is 48.3. The van der Waals surface area contributed by atoms with E-state index in [9.17, 15) is 8.78 Å². The zero-order valence-corrected chi connectivity index (χ0v) is 14.8. The first-order chi connectivity index (χ1) is 12.5. The number of rotatable bonds is 3. The van der Waals surface area contributed by atoms with Gasteiger partial charge in [-0.05, 0) is 37.0 Å². The minimum absolute atomic E-state index is 0.0672. The van der Waals surface area contributed by atoms with Gasteiger partial charge in [0.05, 0.1) is 5.69 Å². The highest BCUT2D eigenvalue weighted by atomic mass is 32.1. The third-order valence-electron chi connectivity index (χ3n) is 4.38. The van der Waals surface area contributed by atoms with Crippen molar-refractivity contribution in [3.8, 4) is 0 Å². The topological polar surface area (TPSA) is 37.8 Å². The lowest BCUT2D eigenvalue weighted by Gasteiger charge is -2.18. The number of nitrogens with one attached hydrogen (secondary N) is 1. The minimum Gasteiger partial charge on any atom is -0.374 e. The van der Waals surface area contributed by atoms with Gasteiger partial charge in [0.2, 0.25) is 0 Å². The number of aryl methyl sites for hydroxylation is 1. The second-order valence-corrected chi connectivity index (χ2v) is 6.85. The van der Waals surface area contributed by atoms with Crippen molar-refractivity contribution in [3.63, 3.8) is 0 Å². The number of pyridine rings is 1. The van der Waals surface area contributed by atoms with Crippen molar-refractivity contribution < 1.29 is 13.2 Å². The molecule has 0 radical (unpaired) electrons. The Labute approximate surface area is 151 Å². The van der Waals surface area contributed by atoms with Crippen molar-refractivity contribution in [2.45, 2.75) is 19.9 Å². The van der Waals surface area contributed by atoms with E-state index in [0.717, 1.165) is 17.1 Å². The molecule has 2 heterocycles. The second kappa shape index (κ2) is 6.25. The van der Waals surface area contributed by atoms with Crippen molar-refractivity contribution in [2.24, 2.45) is 0 Å². The van der Waals surface area contributed by atoms with Gasteiger partial charge in [0, 0.05) is 16.8 Å². The number of benzene rings is 2. The first kappa shape index (κ1) is 16.8. The maximum atomic E-state index is 15.0. The van der Waals surface area contributed by atoms with Crippen LogP contribution in [0.15, 0.2) is 36.4 Å². The number of anilines is 1. The highest BCUT2D eigenvalue weighted by Gasteiger charge is 2.24. The molecular formula is C19H14F3N3S. The molecule has 0 saturated heterocycles. The monoisotopic (exact) mass is 373 g/mol. The van der Waals surface area contributed by atoms with Crippen LogP contribution in [0.5, 0.6) is 0 Å². The van der Waals surface area contributed by atoms with Crippen molar-refractivity contribution in [1.29, 1.82) is 0 Å². The number of nitrogens with zero attached hydrogens (tertiary/aromatic N) is 2. The van der Waals surface area contributed by atoms with E-state index in [1.807, 2.05) is 30.3 Å². The predicted octanol–water partition coefficient (Wildman–Crippen LogP) is 5.74. The van der Waals surface area contributed by atoms with Crippen molar-refractivity contribution in [3.05, 3.63) is 65.1 Å². The van der Waals surface area contributed by atoms with Crippen molar-refractivity contribution in [1.82, 2.24) is 9.36 Å². The summed E-state index contributed by atoms with van der Waals surface area (Å²) in [5.41, 5.74) is 0.691. The lowest BCUT2D eigenvalue weighted by molar-refractivity contribution is 0.506. The van der Waals surface area contributed by atoms with E-state index in [0.29, 0.717) is 15.9 Å². The summed E-state index contributed by atoms with van der Waals surface area (Å²) in [6.07, 6.45) is 0. The van der Waals surface area contributed by atoms with Gasteiger partial charge >= 0.3 is 0 Å². The highest BCUT2D eigenvalue weighted by Crippen LogP contribution is 2.35. The van der Waals surface area contributed by atoms with Crippen LogP contribution in [0.3, 0.4) is 0 Å². The van der Waals surface area contributed by atoms with Gasteiger partial charge in [0.25, 0.3) is 0 Å². The maximum absolute atomic E-state index is 15.0. The molecule has 1 atom stereocenters. The van der Waals surface area contributed by atoms with Crippen molar-refractivity contribution >= 4 is 38.3 Å². The largest absolute Gasteiger partial charge is 0.374 e. The summed E-state index contributed by atoms with van der Waals surface area (Å²) in [5.74, 6) is -3.30. The number of hydrogen-bond donors (Lipinski definition) is 1. The Morgan fingerprint density at radius 2 is 1.73 bits per heavy atom. The van der Waals surface area contributed by atoms with E-state index in [1.54, 1.807) is 13.8 Å². The normalized spacial score (nSPS) is 12.7. The molecule has 132 valence electrons. The number of fused-ring (bicyclic) bond motifs is 2. The van der Waals surface area contributed by atoms with Crippen LogP contribution in [0.1, 0.15) is 24.2 Å². The lowest BCUT2D eigenvalue weighted by Crippen LogP contribution is -2.11. The van der Waals surface area contributed by atoms with Gasteiger partial charge in [-0.3, -0.25) is 0 Å². The molecule has 2 aromatic heterocycles. The van der Waals surface area contributed by atoms with Gasteiger partial charge in [-0.15, -0.1) is 0 Å². The maximum Gasteiger partial charge on any atom is 0.187 e. The zero-order valence-electron chi connectivity index (χ0n) is 14.0. The molecule has 0 fully saturated rings. The molecule has 7 heteroatoms. The summed E-state index contributed by atoms with van der Waals surface area (Å²) in [7, 11) is 0. The van der Waals surface area contributed by atoms with Gasteiger partial charge in [-0.2, -0.15) is 4.37 Å². The summed E-state index contributed by atoms with van der Waals surface area (Å²) in [4.78, 5) is 4.52. The second-order valence-electron chi connectivity index (χ2n) is 6.10. The highest BCUT2D eigenvalue weighted by molar-refractivity contribution is 7.13. The van der Waals surface area contributed by atoms with E-state index >= 15 is 4.39 Å². The Morgan fingerprint density at radius 3 is 2.46 bits per heavy atom. The third kappa shape index (κ3) is 2.59. The van der Waals surface area contributed by atoms with Crippen LogP contribution in [0.2, 0.25) is 0 Å². The average molecular weight is 373 g/mol. The molecule has 2 aromatic carbocycles. The molecule has 4 rings (SSSR count). The molecule has 26 heavy (non-hydrogen) atoms. The quantitative estimate of drug-likeness (QED) is 0.465. The fraction of sp³-hybridized carbons (Fsp3) is 0.158. The van der Waals surface area contributed by atoms with Crippen molar-refractivity contribution in [2.75, 3.05) is 5.32 Å². The van der Waals surface area contributed by atoms with Gasteiger partial charge in [-0.25, -0.2) is 18.2 Å². The number of aromatic nitrogens is 2. The fourth-order valence-electron chi connectivity index (χ4n) is 2.93. The van der Waals surface area contributed by atoms with E-state index in [4.69, 9.17) is 0 Å². The Hall–Kier alpha value is -2.67. The van der Waals surface area contributed by atoms with Gasteiger partial charge in [0.15, 0.2) is 17.5 Å². The standard InChI is InChI=1S/C19H14F3N3S/c1-9(11-6-4-3-5-7-11)23-18-14(20)13-8-12-10(2)25-26-19(12)24-17(13)15(21)16(18)22/h3-9,23H,1-2H3/t9-/m1/s1. The Morgan fingerprint density at radius 1 is 1.00 bits per heavy atom. The summed E-state index contributed by atoms with van der Waals surface area (Å²) >= 11 is 1.07. The van der Waals surface area contributed by atoms with Gasteiger partial charge in [-0.1, -0.05) is 30.3 Å². The molecule has 0 bridgehead atoms. The van der Waals surface area contributed by atoms with Gasteiger partial charge < -0.3 is 5.32 Å². The SMILES string of the molecule is Cc1nsc2nc3c(F)c(F)c(N[C@H](C)c4ccccc4)c(F)c3cc12. The first-order valence-electron chi connectivity index (χ1n) is 8.02. The van der Waals surface area contributed by atoms with Crippen LogP contribution >= 0.6 is 11.5 Å². The van der Waals surface area contributed by atoms with Crippen LogP contribution < -0.4 is 5.32 Å². The lowest BCUT2D eigenvalue weighted by atomic mass is 10.1. The predicted molar refractivity (Wildman–Crippen MR) is 98.0 cm³/mol. The van der Waals surface area contributed by atoms with Crippen LogP contribution in [0.4, 0.5) is 18.9 Å². The molecular weight excluding hydrogens is 359 g/mol. The summed E-state index contributed by atoms with van der Waals surface area (Å²) in [6, 6.07) is 10.2. The molecule has 0 amide bonds. The van der Waals surface area contributed by atoms with E-state index in [1.165, 1.54) is 6.07 Å². The van der Waals surface area contributed by atoms with E-state index < -0.39 is 29.2 Å². The molecule has 0 unspecified atom stereocenters. The molecule has 0 aliphatic heterocycles. The fourth-order valence-corrected chi connectivity index (χ4v) is 3.69. The summed E-state index contributed by atoms with van der Waals surface area (Å²) in [5, 5.41) is 3.32. The number of halogens is 3.